The van der Waals surface area contributed by atoms with Crippen molar-refractivity contribution in [3.63, 3.8) is 0 Å². The smallest absolute Gasteiger partial charge is 0.225 e. The lowest BCUT2D eigenvalue weighted by molar-refractivity contribution is -0.116. The Hall–Kier alpha value is -1.40. The predicted molar refractivity (Wildman–Crippen MR) is 72.2 cm³/mol. The summed E-state index contributed by atoms with van der Waals surface area (Å²) in [5.41, 5.74) is 1.29. The van der Waals surface area contributed by atoms with E-state index < -0.39 is 9.84 Å². The molecular formula is C12H18N2O3S. The van der Waals surface area contributed by atoms with E-state index in [4.69, 9.17) is 0 Å². The Kier molecular flexibility index (Phi) is 5.30. The van der Waals surface area contributed by atoms with Gasteiger partial charge in [-0.1, -0.05) is 12.1 Å². The fourth-order valence-electron chi connectivity index (χ4n) is 1.50. The van der Waals surface area contributed by atoms with Crippen LogP contribution in [0, 0.1) is 0 Å². The summed E-state index contributed by atoms with van der Waals surface area (Å²) in [6.07, 6.45) is 1.57. The van der Waals surface area contributed by atoms with E-state index in [9.17, 15) is 13.2 Å². The van der Waals surface area contributed by atoms with Crippen molar-refractivity contribution >= 4 is 21.4 Å². The zero-order valence-electron chi connectivity index (χ0n) is 10.6. The number of amides is 1. The minimum Gasteiger partial charge on any atom is -0.326 e. The van der Waals surface area contributed by atoms with Crippen molar-refractivity contribution < 1.29 is 13.2 Å². The lowest BCUT2D eigenvalue weighted by Gasteiger charge is -2.07. The molecule has 0 aliphatic heterocycles. The van der Waals surface area contributed by atoms with E-state index in [0.717, 1.165) is 0 Å². The second kappa shape index (κ2) is 6.51. The van der Waals surface area contributed by atoms with Gasteiger partial charge in [-0.2, -0.15) is 0 Å². The van der Waals surface area contributed by atoms with Crippen LogP contribution in [0.25, 0.3) is 0 Å². The normalized spacial score (nSPS) is 11.2. The first kappa shape index (κ1) is 14.7. The molecule has 100 valence electrons. The van der Waals surface area contributed by atoms with Gasteiger partial charge in [0.05, 0.1) is 5.75 Å². The molecule has 0 heterocycles. The number of sulfone groups is 1. The van der Waals surface area contributed by atoms with Gasteiger partial charge in [-0.3, -0.25) is 4.79 Å². The maximum absolute atomic E-state index is 11.5. The van der Waals surface area contributed by atoms with Crippen LogP contribution in [0.1, 0.15) is 12.0 Å². The van der Waals surface area contributed by atoms with Crippen molar-refractivity contribution in [1.29, 1.82) is 0 Å². The molecule has 0 bridgehead atoms. The summed E-state index contributed by atoms with van der Waals surface area (Å²) in [4.78, 5) is 11.5. The highest BCUT2D eigenvalue weighted by Gasteiger charge is 2.06. The summed E-state index contributed by atoms with van der Waals surface area (Å²) in [6.45, 7) is 0.606. The Labute approximate surface area is 108 Å². The summed E-state index contributed by atoms with van der Waals surface area (Å²) >= 11 is 0. The van der Waals surface area contributed by atoms with Crippen molar-refractivity contribution in [3.05, 3.63) is 29.8 Å². The van der Waals surface area contributed by atoms with Crippen molar-refractivity contribution in [2.24, 2.45) is 0 Å². The molecule has 1 aromatic carbocycles. The van der Waals surface area contributed by atoms with Gasteiger partial charge in [0, 0.05) is 24.9 Å². The molecule has 0 aromatic heterocycles. The maximum Gasteiger partial charge on any atom is 0.225 e. The highest BCUT2D eigenvalue weighted by atomic mass is 32.2. The Bertz CT molecular complexity index is 512. The second-order valence-electron chi connectivity index (χ2n) is 4.17. The van der Waals surface area contributed by atoms with Gasteiger partial charge < -0.3 is 10.6 Å². The molecule has 0 unspecified atom stereocenters. The fraction of sp³-hybridized carbons (Fsp3) is 0.417. The average Bonchev–Trinajstić information content (AvgIpc) is 2.24. The molecule has 0 aliphatic carbocycles. The van der Waals surface area contributed by atoms with Gasteiger partial charge in [0.15, 0.2) is 9.84 Å². The van der Waals surface area contributed by atoms with Crippen molar-refractivity contribution in [1.82, 2.24) is 5.32 Å². The number of hydrogen-bond donors (Lipinski definition) is 2. The van der Waals surface area contributed by atoms with Gasteiger partial charge in [-0.15, -0.1) is 0 Å². The Morgan fingerprint density at radius 1 is 1.33 bits per heavy atom. The molecule has 18 heavy (non-hydrogen) atoms. The van der Waals surface area contributed by atoms with Crippen LogP contribution in [0.4, 0.5) is 5.69 Å². The molecule has 0 saturated carbocycles. The van der Waals surface area contributed by atoms with E-state index in [-0.39, 0.29) is 11.7 Å². The lowest BCUT2D eigenvalue weighted by Crippen LogP contribution is -2.18. The second-order valence-corrected chi connectivity index (χ2v) is 6.31. The van der Waals surface area contributed by atoms with Crippen molar-refractivity contribution in [2.75, 3.05) is 25.2 Å². The molecule has 6 heteroatoms. The SMILES string of the molecule is CNCCC(=O)Nc1cccc(CS(C)(=O)=O)c1. The minimum absolute atomic E-state index is 0.0206. The van der Waals surface area contributed by atoms with Crippen LogP contribution in [0.5, 0.6) is 0 Å². The molecule has 1 rings (SSSR count). The average molecular weight is 270 g/mol. The van der Waals surface area contributed by atoms with Gasteiger partial charge >= 0.3 is 0 Å². The molecule has 2 N–H and O–H groups in total. The zero-order valence-corrected chi connectivity index (χ0v) is 11.4. The molecular weight excluding hydrogens is 252 g/mol. The number of rotatable bonds is 6. The monoisotopic (exact) mass is 270 g/mol. The van der Waals surface area contributed by atoms with E-state index in [2.05, 4.69) is 10.6 Å². The first-order valence-electron chi connectivity index (χ1n) is 5.62. The molecule has 0 fully saturated rings. The third kappa shape index (κ3) is 5.79. The number of carbonyl (C=O) groups excluding carboxylic acids is 1. The number of hydrogen-bond acceptors (Lipinski definition) is 4. The minimum atomic E-state index is -3.06. The number of benzene rings is 1. The van der Waals surface area contributed by atoms with Crippen LogP contribution in [0.3, 0.4) is 0 Å². The van der Waals surface area contributed by atoms with Crippen LogP contribution >= 0.6 is 0 Å². The lowest BCUT2D eigenvalue weighted by atomic mass is 10.2. The van der Waals surface area contributed by atoms with Crippen LogP contribution in [-0.2, 0) is 20.4 Å². The molecule has 5 nitrogen and oxygen atoms in total. The topological polar surface area (TPSA) is 75.3 Å². The van der Waals surface area contributed by atoms with Crippen LogP contribution < -0.4 is 10.6 Å². The van der Waals surface area contributed by atoms with Crippen LogP contribution in [0.2, 0.25) is 0 Å². The first-order valence-corrected chi connectivity index (χ1v) is 7.68. The first-order chi connectivity index (χ1) is 8.40. The van der Waals surface area contributed by atoms with Gasteiger partial charge in [0.25, 0.3) is 0 Å². The molecule has 0 radical (unpaired) electrons. The van der Waals surface area contributed by atoms with Gasteiger partial charge in [0.2, 0.25) is 5.91 Å². The molecule has 1 amide bonds. The molecule has 0 saturated heterocycles. The molecule has 1 aromatic rings. The Morgan fingerprint density at radius 3 is 2.67 bits per heavy atom. The van der Waals surface area contributed by atoms with Gasteiger partial charge in [0.1, 0.15) is 0 Å². The van der Waals surface area contributed by atoms with Gasteiger partial charge in [-0.05, 0) is 24.7 Å². The van der Waals surface area contributed by atoms with E-state index in [1.165, 1.54) is 6.26 Å². The zero-order chi connectivity index (χ0) is 13.6. The van der Waals surface area contributed by atoms with Crippen molar-refractivity contribution in [2.45, 2.75) is 12.2 Å². The molecule has 0 atom stereocenters. The maximum atomic E-state index is 11.5. The summed E-state index contributed by atoms with van der Waals surface area (Å²) in [6, 6.07) is 6.87. The molecule has 0 spiro atoms. The summed E-state index contributed by atoms with van der Waals surface area (Å²) in [7, 11) is -1.28. The van der Waals surface area contributed by atoms with E-state index >= 15 is 0 Å². The highest BCUT2D eigenvalue weighted by molar-refractivity contribution is 7.89. The number of nitrogens with one attached hydrogen (secondary N) is 2. The largest absolute Gasteiger partial charge is 0.326 e. The standard InChI is InChI=1S/C12H18N2O3S/c1-13-7-6-12(15)14-11-5-3-4-10(8-11)9-18(2,16)17/h3-5,8,13H,6-7,9H2,1-2H3,(H,14,15). The number of carbonyl (C=O) groups is 1. The summed E-state index contributed by atoms with van der Waals surface area (Å²) in [5.74, 6) is -0.117. The van der Waals surface area contributed by atoms with Crippen LogP contribution in [0.15, 0.2) is 24.3 Å². The quantitative estimate of drug-likeness (QED) is 0.801. The Morgan fingerprint density at radius 2 is 2.06 bits per heavy atom. The highest BCUT2D eigenvalue weighted by Crippen LogP contribution is 2.13. The third-order valence-electron chi connectivity index (χ3n) is 2.24. The number of anilines is 1. The van der Waals surface area contributed by atoms with Crippen LogP contribution in [-0.4, -0.2) is 34.2 Å². The summed E-state index contributed by atoms with van der Waals surface area (Å²) < 4.78 is 22.4. The van der Waals surface area contributed by atoms with E-state index in [0.29, 0.717) is 24.2 Å². The molecule has 0 aliphatic rings. The fourth-order valence-corrected chi connectivity index (χ4v) is 2.29. The van der Waals surface area contributed by atoms with Crippen molar-refractivity contribution in [3.8, 4) is 0 Å². The van der Waals surface area contributed by atoms with Gasteiger partial charge in [-0.25, -0.2) is 8.42 Å². The third-order valence-corrected chi connectivity index (χ3v) is 3.10. The predicted octanol–water partition coefficient (Wildman–Crippen LogP) is 0.779. The summed E-state index contributed by atoms with van der Waals surface area (Å²) in [5, 5.41) is 5.62. The Balaban J connectivity index is 2.68. The van der Waals surface area contributed by atoms with E-state index in [1.54, 1.807) is 31.3 Å². The van der Waals surface area contributed by atoms with E-state index in [1.807, 2.05) is 0 Å².